The molecule has 1 atom stereocenters. The van der Waals surface area contributed by atoms with E-state index in [0.717, 1.165) is 48.0 Å². The molecule has 0 saturated carbocycles. The number of ether oxygens (including phenoxy) is 1. The van der Waals surface area contributed by atoms with Gasteiger partial charge in [0.1, 0.15) is 11.4 Å². The summed E-state index contributed by atoms with van der Waals surface area (Å²) in [5.74, 6) is 0.195. The smallest absolute Gasteiger partial charge is 0.435 e. The van der Waals surface area contributed by atoms with Crippen molar-refractivity contribution in [1.82, 2.24) is 20.0 Å². The number of hydrogen-bond acceptors (Lipinski definition) is 4. The number of aryl methyl sites for hydroxylation is 1. The fourth-order valence-corrected chi connectivity index (χ4v) is 3.56. The van der Waals surface area contributed by atoms with Crippen molar-refractivity contribution in [1.29, 1.82) is 0 Å². The molecule has 1 aromatic heterocycles. The summed E-state index contributed by atoms with van der Waals surface area (Å²) in [6.07, 6.45) is -2.42. The van der Waals surface area contributed by atoms with Crippen molar-refractivity contribution in [2.24, 2.45) is 7.05 Å². The number of aromatic nitrogens is 2. The molecule has 1 saturated heterocycles. The van der Waals surface area contributed by atoms with Gasteiger partial charge >= 0.3 is 6.18 Å². The van der Waals surface area contributed by atoms with Gasteiger partial charge in [0.2, 0.25) is 0 Å². The summed E-state index contributed by atoms with van der Waals surface area (Å²) in [5.41, 5.74) is -0.173. The molecule has 3 rings (SSSR count). The lowest BCUT2D eigenvalue weighted by Gasteiger charge is -2.28. The highest BCUT2D eigenvalue weighted by atomic mass is 19.4. The number of likely N-dealkylation sites (tertiary alicyclic amines) is 1. The normalized spacial score (nSPS) is 16.0. The number of alkyl halides is 3. The lowest BCUT2D eigenvalue weighted by atomic mass is 10.1. The van der Waals surface area contributed by atoms with E-state index >= 15 is 0 Å². The highest BCUT2D eigenvalue weighted by Crippen LogP contribution is 2.29. The summed E-state index contributed by atoms with van der Waals surface area (Å²) in [5, 5.41) is 6.18. The maximum Gasteiger partial charge on any atom is 0.435 e. The minimum Gasteiger partial charge on any atom is -0.494 e. The quantitative estimate of drug-likeness (QED) is 0.760. The zero-order valence-corrected chi connectivity index (χ0v) is 16.5. The maximum atomic E-state index is 12.8. The molecule has 0 unspecified atom stereocenters. The Labute approximate surface area is 167 Å². The number of hydrogen-bond donors (Lipinski definition) is 1. The van der Waals surface area contributed by atoms with E-state index in [1.807, 2.05) is 31.2 Å². The zero-order chi connectivity index (χ0) is 21.0. The SMILES string of the molecule is CCOc1ccc([C@H](CNC(=O)c2cc(C(F)(F)F)nn2C)N2CCCC2)cc1. The summed E-state index contributed by atoms with van der Waals surface area (Å²) in [7, 11) is 1.33. The van der Waals surface area contributed by atoms with Crippen LogP contribution >= 0.6 is 0 Å². The van der Waals surface area contributed by atoms with Gasteiger partial charge in [-0.1, -0.05) is 12.1 Å². The lowest BCUT2D eigenvalue weighted by Crippen LogP contribution is -2.37. The zero-order valence-electron chi connectivity index (χ0n) is 16.5. The van der Waals surface area contributed by atoms with Gasteiger partial charge in [-0.2, -0.15) is 18.3 Å². The first kappa shape index (κ1) is 21.2. The molecule has 1 aliphatic heterocycles. The van der Waals surface area contributed by atoms with Gasteiger partial charge < -0.3 is 10.1 Å². The molecule has 0 aliphatic carbocycles. The van der Waals surface area contributed by atoms with Crippen molar-refractivity contribution in [3.05, 3.63) is 47.3 Å². The van der Waals surface area contributed by atoms with Crippen LogP contribution in [0.15, 0.2) is 30.3 Å². The maximum absolute atomic E-state index is 12.8. The second-order valence-corrected chi connectivity index (χ2v) is 7.01. The molecule has 2 heterocycles. The van der Waals surface area contributed by atoms with Crippen LogP contribution in [0.5, 0.6) is 5.75 Å². The molecule has 158 valence electrons. The second-order valence-electron chi connectivity index (χ2n) is 7.01. The third kappa shape index (κ3) is 5.09. The average molecular weight is 410 g/mol. The number of carbonyl (C=O) groups is 1. The average Bonchev–Trinajstić information content (AvgIpc) is 3.33. The van der Waals surface area contributed by atoms with E-state index in [-0.39, 0.29) is 11.7 Å². The first-order valence-electron chi connectivity index (χ1n) is 9.66. The monoisotopic (exact) mass is 410 g/mol. The van der Waals surface area contributed by atoms with Crippen molar-refractivity contribution in [3.8, 4) is 5.75 Å². The van der Waals surface area contributed by atoms with Gasteiger partial charge in [0.25, 0.3) is 5.91 Å². The topological polar surface area (TPSA) is 59.4 Å². The third-order valence-corrected chi connectivity index (χ3v) is 5.02. The van der Waals surface area contributed by atoms with Crippen LogP contribution in [0.25, 0.3) is 0 Å². The number of nitrogens with zero attached hydrogens (tertiary/aromatic N) is 3. The van der Waals surface area contributed by atoms with Crippen LogP contribution in [0.1, 0.15) is 47.6 Å². The Bertz CT molecular complexity index is 827. The molecule has 0 radical (unpaired) electrons. The molecule has 1 N–H and O–H groups in total. The van der Waals surface area contributed by atoms with E-state index in [1.165, 1.54) is 7.05 Å². The fourth-order valence-electron chi connectivity index (χ4n) is 3.56. The Morgan fingerprint density at radius 3 is 2.45 bits per heavy atom. The van der Waals surface area contributed by atoms with Gasteiger partial charge in [-0.05, 0) is 50.6 Å². The summed E-state index contributed by atoms with van der Waals surface area (Å²) < 4.78 is 45.0. The van der Waals surface area contributed by atoms with Crippen LogP contribution in [0.2, 0.25) is 0 Å². The van der Waals surface area contributed by atoms with Crippen LogP contribution in [0, 0.1) is 0 Å². The summed E-state index contributed by atoms with van der Waals surface area (Å²) in [4.78, 5) is 14.8. The van der Waals surface area contributed by atoms with Crippen molar-refractivity contribution >= 4 is 5.91 Å². The van der Waals surface area contributed by atoms with Gasteiger partial charge in [-0.15, -0.1) is 0 Å². The molecule has 9 heteroatoms. The third-order valence-electron chi connectivity index (χ3n) is 5.02. The van der Waals surface area contributed by atoms with Crippen molar-refractivity contribution < 1.29 is 22.7 Å². The first-order valence-corrected chi connectivity index (χ1v) is 9.66. The molecular weight excluding hydrogens is 385 g/mol. The standard InChI is InChI=1S/C20H25F3N4O2/c1-3-29-15-8-6-14(7-9-15)17(27-10-4-5-11-27)13-24-19(28)16-12-18(20(21,22)23)25-26(16)2/h6-9,12,17H,3-5,10-11,13H2,1-2H3,(H,24,28)/t17-/m0/s1. The van der Waals surface area contributed by atoms with Gasteiger partial charge in [-0.3, -0.25) is 14.4 Å². The fraction of sp³-hybridized carbons (Fsp3) is 0.500. The van der Waals surface area contributed by atoms with Crippen LogP contribution in [-0.4, -0.2) is 46.8 Å². The van der Waals surface area contributed by atoms with E-state index in [1.54, 1.807) is 0 Å². The van der Waals surface area contributed by atoms with Crippen LogP contribution in [0.3, 0.4) is 0 Å². The highest BCUT2D eigenvalue weighted by molar-refractivity contribution is 5.92. The molecule has 29 heavy (non-hydrogen) atoms. The molecule has 1 fully saturated rings. The minimum absolute atomic E-state index is 0.0626. The van der Waals surface area contributed by atoms with Crippen LogP contribution in [0.4, 0.5) is 13.2 Å². The van der Waals surface area contributed by atoms with Crippen LogP contribution in [-0.2, 0) is 13.2 Å². The van der Waals surface area contributed by atoms with E-state index in [2.05, 4.69) is 15.3 Å². The predicted octanol–water partition coefficient (Wildman–Crippen LogP) is 3.40. The van der Waals surface area contributed by atoms with E-state index in [9.17, 15) is 18.0 Å². The Morgan fingerprint density at radius 1 is 1.24 bits per heavy atom. The predicted molar refractivity (Wildman–Crippen MR) is 102 cm³/mol. The number of benzene rings is 1. The molecule has 0 bridgehead atoms. The number of carbonyl (C=O) groups excluding carboxylic acids is 1. The summed E-state index contributed by atoms with van der Waals surface area (Å²) >= 11 is 0. The van der Waals surface area contributed by atoms with Crippen molar-refractivity contribution in [3.63, 3.8) is 0 Å². The van der Waals surface area contributed by atoms with Gasteiger partial charge in [-0.25, -0.2) is 0 Å². The molecule has 1 aromatic carbocycles. The molecule has 1 amide bonds. The van der Waals surface area contributed by atoms with Gasteiger partial charge in [0.15, 0.2) is 5.69 Å². The summed E-state index contributed by atoms with van der Waals surface area (Å²) in [6.45, 7) is 4.61. The Hall–Kier alpha value is -2.55. The highest BCUT2D eigenvalue weighted by Gasteiger charge is 2.35. The Balaban J connectivity index is 1.73. The largest absolute Gasteiger partial charge is 0.494 e. The molecule has 6 nitrogen and oxygen atoms in total. The van der Waals surface area contributed by atoms with E-state index in [4.69, 9.17) is 4.74 Å². The number of rotatable bonds is 7. The molecule has 2 aromatic rings. The Kier molecular flexibility index (Phi) is 6.46. The van der Waals surface area contributed by atoms with Gasteiger partial charge in [0.05, 0.1) is 12.6 Å². The molecule has 0 spiro atoms. The van der Waals surface area contributed by atoms with Crippen molar-refractivity contribution in [2.75, 3.05) is 26.2 Å². The van der Waals surface area contributed by atoms with E-state index in [0.29, 0.717) is 13.2 Å². The number of nitrogens with one attached hydrogen (secondary N) is 1. The van der Waals surface area contributed by atoms with Crippen molar-refractivity contribution in [2.45, 2.75) is 32.0 Å². The van der Waals surface area contributed by atoms with Gasteiger partial charge in [0, 0.05) is 19.7 Å². The molecular formula is C20H25F3N4O2. The second kappa shape index (κ2) is 8.86. The number of amides is 1. The minimum atomic E-state index is -4.59. The van der Waals surface area contributed by atoms with Crippen LogP contribution < -0.4 is 10.1 Å². The first-order chi connectivity index (χ1) is 13.8. The number of halogens is 3. The summed E-state index contributed by atoms with van der Waals surface area (Å²) in [6, 6.07) is 8.42. The molecule has 1 aliphatic rings. The lowest BCUT2D eigenvalue weighted by molar-refractivity contribution is -0.141. The van der Waals surface area contributed by atoms with E-state index < -0.39 is 17.8 Å². The Morgan fingerprint density at radius 2 is 1.90 bits per heavy atom.